The van der Waals surface area contributed by atoms with Gasteiger partial charge in [0, 0.05) is 30.5 Å². The molecular formula is C22H23N3O3. The highest BCUT2D eigenvalue weighted by molar-refractivity contribution is 5.96. The van der Waals surface area contributed by atoms with Crippen molar-refractivity contribution in [3.05, 3.63) is 71.9 Å². The molecule has 1 amide bonds. The largest absolute Gasteiger partial charge is 0.497 e. The van der Waals surface area contributed by atoms with Gasteiger partial charge in [0.05, 0.1) is 7.11 Å². The fourth-order valence-electron chi connectivity index (χ4n) is 3.55. The van der Waals surface area contributed by atoms with Crippen molar-refractivity contribution in [2.45, 2.75) is 31.6 Å². The van der Waals surface area contributed by atoms with Gasteiger partial charge in [0.2, 0.25) is 11.8 Å². The highest BCUT2D eigenvalue weighted by Gasteiger charge is 2.34. The molecule has 6 heteroatoms. The molecule has 0 bridgehead atoms. The van der Waals surface area contributed by atoms with Crippen molar-refractivity contribution < 1.29 is 14.1 Å². The Morgan fingerprint density at radius 1 is 1.18 bits per heavy atom. The molecule has 2 aromatic carbocycles. The Bertz CT molecular complexity index is 937. The van der Waals surface area contributed by atoms with Crippen LogP contribution in [0.4, 0.5) is 5.69 Å². The first kappa shape index (κ1) is 18.2. The Morgan fingerprint density at radius 2 is 1.93 bits per heavy atom. The smallest absolute Gasteiger partial charge is 0.229 e. The Morgan fingerprint density at radius 3 is 2.64 bits per heavy atom. The maximum Gasteiger partial charge on any atom is 0.229 e. The van der Waals surface area contributed by atoms with E-state index in [1.54, 1.807) is 12.0 Å². The summed E-state index contributed by atoms with van der Waals surface area (Å²) in [4.78, 5) is 18.8. The number of methoxy groups -OCH3 is 1. The van der Waals surface area contributed by atoms with E-state index in [1.165, 1.54) is 5.56 Å². The summed E-state index contributed by atoms with van der Waals surface area (Å²) in [6, 6.07) is 17.7. The summed E-state index contributed by atoms with van der Waals surface area (Å²) >= 11 is 0. The first-order valence-corrected chi connectivity index (χ1v) is 9.46. The third-order valence-corrected chi connectivity index (χ3v) is 5.14. The molecule has 1 aliphatic heterocycles. The second kappa shape index (κ2) is 7.84. The van der Waals surface area contributed by atoms with Crippen molar-refractivity contribution >= 4 is 11.6 Å². The van der Waals surface area contributed by atoms with E-state index in [0.29, 0.717) is 24.7 Å². The number of aromatic nitrogens is 2. The third-order valence-electron chi connectivity index (χ3n) is 5.14. The van der Waals surface area contributed by atoms with Crippen molar-refractivity contribution in [3.8, 4) is 5.75 Å². The Kier molecular flexibility index (Phi) is 5.10. The highest BCUT2D eigenvalue weighted by Crippen LogP contribution is 2.31. The maximum absolute atomic E-state index is 12.4. The molecule has 0 radical (unpaired) electrons. The van der Waals surface area contributed by atoms with Gasteiger partial charge in [-0.05, 0) is 36.2 Å². The predicted octanol–water partition coefficient (Wildman–Crippen LogP) is 3.94. The van der Waals surface area contributed by atoms with Crippen LogP contribution in [0.3, 0.4) is 0 Å². The van der Waals surface area contributed by atoms with Gasteiger partial charge in [-0.2, -0.15) is 4.98 Å². The number of nitrogens with zero attached hydrogens (tertiary/aromatic N) is 3. The van der Waals surface area contributed by atoms with Crippen LogP contribution in [-0.4, -0.2) is 29.7 Å². The van der Waals surface area contributed by atoms with Crippen LogP contribution in [0.1, 0.15) is 42.5 Å². The predicted molar refractivity (Wildman–Crippen MR) is 106 cm³/mol. The number of para-hydroxylation sites is 1. The lowest BCUT2D eigenvalue weighted by atomic mass is 10.0. The van der Waals surface area contributed by atoms with Gasteiger partial charge in [-0.25, -0.2) is 0 Å². The molecular weight excluding hydrogens is 354 g/mol. The maximum atomic E-state index is 12.4. The molecule has 28 heavy (non-hydrogen) atoms. The third kappa shape index (κ3) is 3.76. The van der Waals surface area contributed by atoms with Crippen molar-refractivity contribution in [2.24, 2.45) is 0 Å². The lowest BCUT2D eigenvalue weighted by Gasteiger charge is -2.15. The average Bonchev–Trinajstić information content (AvgIpc) is 3.36. The van der Waals surface area contributed by atoms with E-state index in [0.717, 1.165) is 17.9 Å². The van der Waals surface area contributed by atoms with E-state index in [4.69, 9.17) is 9.26 Å². The van der Waals surface area contributed by atoms with Crippen molar-refractivity contribution in [3.63, 3.8) is 0 Å². The minimum absolute atomic E-state index is 0.0432. The molecule has 0 spiro atoms. The van der Waals surface area contributed by atoms with Gasteiger partial charge in [0.1, 0.15) is 5.75 Å². The molecule has 6 nitrogen and oxygen atoms in total. The van der Waals surface area contributed by atoms with E-state index in [2.05, 4.69) is 17.1 Å². The van der Waals surface area contributed by atoms with Gasteiger partial charge >= 0.3 is 0 Å². The Labute approximate surface area is 164 Å². The average molecular weight is 377 g/mol. The van der Waals surface area contributed by atoms with Gasteiger partial charge in [-0.1, -0.05) is 42.4 Å². The fourth-order valence-corrected chi connectivity index (χ4v) is 3.55. The minimum atomic E-state index is -0.0432. The molecule has 1 saturated heterocycles. The van der Waals surface area contributed by atoms with Gasteiger partial charge in [-0.3, -0.25) is 4.79 Å². The zero-order chi connectivity index (χ0) is 19.5. The summed E-state index contributed by atoms with van der Waals surface area (Å²) in [6.45, 7) is 2.65. The number of carbonyl (C=O) groups is 1. The summed E-state index contributed by atoms with van der Waals surface area (Å²) in [5.74, 6) is 2.20. The molecule has 1 aromatic heterocycles. The molecule has 1 fully saturated rings. The van der Waals surface area contributed by atoms with Crippen molar-refractivity contribution in [1.29, 1.82) is 0 Å². The number of amides is 1. The Balaban J connectivity index is 1.43. The summed E-state index contributed by atoms with van der Waals surface area (Å²) in [5.41, 5.74) is 2.09. The molecule has 0 saturated carbocycles. The number of hydrogen-bond acceptors (Lipinski definition) is 5. The van der Waals surface area contributed by atoms with Crippen LogP contribution in [0.5, 0.6) is 5.75 Å². The molecule has 2 atom stereocenters. The molecule has 1 aliphatic rings. The Hall–Kier alpha value is -3.15. The van der Waals surface area contributed by atoms with Crippen LogP contribution in [0.15, 0.2) is 59.1 Å². The van der Waals surface area contributed by atoms with Crippen LogP contribution >= 0.6 is 0 Å². The van der Waals surface area contributed by atoms with Crippen molar-refractivity contribution in [1.82, 2.24) is 10.1 Å². The van der Waals surface area contributed by atoms with Crippen LogP contribution in [0.2, 0.25) is 0 Å². The summed E-state index contributed by atoms with van der Waals surface area (Å²) in [7, 11) is 1.66. The monoisotopic (exact) mass is 377 g/mol. The highest BCUT2D eigenvalue weighted by atomic mass is 16.5. The molecule has 0 N–H and O–H groups in total. The number of rotatable bonds is 6. The second-order valence-electron chi connectivity index (χ2n) is 7.19. The minimum Gasteiger partial charge on any atom is -0.497 e. The molecule has 2 heterocycles. The lowest BCUT2D eigenvalue weighted by molar-refractivity contribution is -0.117. The molecule has 4 rings (SSSR count). The summed E-state index contributed by atoms with van der Waals surface area (Å²) in [6.07, 6.45) is 1.20. The van der Waals surface area contributed by atoms with Gasteiger partial charge in [0.15, 0.2) is 5.82 Å². The number of anilines is 1. The van der Waals surface area contributed by atoms with E-state index >= 15 is 0 Å². The fraction of sp³-hybridized carbons (Fsp3) is 0.318. The SMILES string of the molecule is COc1ccc(CC(C)c2nc(C3CC(=O)N(c4ccccc4)C3)no2)cc1. The number of benzene rings is 2. The molecule has 3 aromatic rings. The summed E-state index contributed by atoms with van der Waals surface area (Å²) in [5, 5.41) is 4.17. The lowest BCUT2D eigenvalue weighted by Crippen LogP contribution is -2.24. The van der Waals surface area contributed by atoms with E-state index in [9.17, 15) is 4.79 Å². The van der Waals surface area contributed by atoms with Crippen LogP contribution < -0.4 is 9.64 Å². The van der Waals surface area contributed by atoms with Gasteiger partial charge in [0.25, 0.3) is 0 Å². The van der Waals surface area contributed by atoms with Crippen LogP contribution in [0.25, 0.3) is 0 Å². The standard InChI is InChI=1S/C22H23N3O3/c1-15(12-16-8-10-19(27-2)11-9-16)22-23-21(24-28-22)17-13-20(26)25(14-17)18-6-4-3-5-7-18/h3-11,15,17H,12-14H2,1-2H3. The zero-order valence-corrected chi connectivity index (χ0v) is 16.0. The van der Waals surface area contributed by atoms with Crippen LogP contribution in [-0.2, 0) is 11.2 Å². The van der Waals surface area contributed by atoms with Crippen LogP contribution in [0, 0.1) is 0 Å². The zero-order valence-electron chi connectivity index (χ0n) is 16.0. The van der Waals surface area contributed by atoms with E-state index in [1.807, 2.05) is 54.6 Å². The first-order chi connectivity index (χ1) is 13.6. The second-order valence-corrected chi connectivity index (χ2v) is 7.19. The quantitative estimate of drug-likeness (QED) is 0.651. The van der Waals surface area contributed by atoms with Crippen molar-refractivity contribution in [2.75, 3.05) is 18.6 Å². The number of ether oxygens (including phenoxy) is 1. The molecule has 144 valence electrons. The molecule has 2 unspecified atom stereocenters. The van der Waals surface area contributed by atoms with Gasteiger partial charge < -0.3 is 14.2 Å². The molecule has 0 aliphatic carbocycles. The first-order valence-electron chi connectivity index (χ1n) is 9.46. The normalized spacial score (nSPS) is 17.7. The number of carbonyl (C=O) groups excluding carboxylic acids is 1. The van der Waals surface area contributed by atoms with E-state index < -0.39 is 0 Å². The van der Waals surface area contributed by atoms with E-state index in [-0.39, 0.29) is 17.7 Å². The number of hydrogen-bond donors (Lipinski definition) is 0. The topological polar surface area (TPSA) is 68.5 Å². The summed E-state index contributed by atoms with van der Waals surface area (Å²) < 4.78 is 10.7. The van der Waals surface area contributed by atoms with Gasteiger partial charge in [-0.15, -0.1) is 0 Å².